The maximum Gasteiger partial charge on any atom is 0.242 e. The van der Waals surface area contributed by atoms with Gasteiger partial charge in [-0.3, -0.25) is 14.5 Å². The summed E-state index contributed by atoms with van der Waals surface area (Å²) in [6, 6.07) is 9.49. The van der Waals surface area contributed by atoms with E-state index < -0.39 is 6.04 Å². The first-order chi connectivity index (χ1) is 12.7. The van der Waals surface area contributed by atoms with Gasteiger partial charge in [0.1, 0.15) is 6.04 Å². The SMILES string of the molecule is NCCCC(NC(=O)CN1CCNCC1)C(=O)NCCc1ccccc1. The number of hydrogen-bond donors (Lipinski definition) is 4. The van der Waals surface area contributed by atoms with Crippen LogP contribution in [0.1, 0.15) is 18.4 Å². The highest BCUT2D eigenvalue weighted by atomic mass is 16.2. The van der Waals surface area contributed by atoms with Crippen molar-refractivity contribution < 1.29 is 9.59 Å². The highest BCUT2D eigenvalue weighted by Gasteiger charge is 2.21. The van der Waals surface area contributed by atoms with Gasteiger partial charge in [0.2, 0.25) is 11.8 Å². The Labute approximate surface area is 155 Å². The molecule has 2 amide bonds. The molecule has 0 spiro atoms. The van der Waals surface area contributed by atoms with Crippen LogP contribution >= 0.6 is 0 Å². The van der Waals surface area contributed by atoms with Crippen molar-refractivity contribution in [2.75, 3.05) is 45.8 Å². The van der Waals surface area contributed by atoms with Crippen LogP contribution in [0.2, 0.25) is 0 Å². The summed E-state index contributed by atoms with van der Waals surface area (Å²) in [6.07, 6.45) is 2.02. The molecule has 5 N–H and O–H groups in total. The first kappa shape index (κ1) is 20.4. The summed E-state index contributed by atoms with van der Waals surface area (Å²) in [6.45, 7) is 4.87. The zero-order valence-corrected chi connectivity index (χ0v) is 15.4. The topological polar surface area (TPSA) is 99.5 Å². The fourth-order valence-electron chi connectivity index (χ4n) is 3.00. The molecular formula is C19H31N5O2. The van der Waals surface area contributed by atoms with Crippen LogP contribution in [0, 0.1) is 0 Å². The van der Waals surface area contributed by atoms with E-state index in [0.29, 0.717) is 32.5 Å². The van der Waals surface area contributed by atoms with Gasteiger partial charge in [0.15, 0.2) is 0 Å². The second-order valence-electron chi connectivity index (χ2n) is 6.60. The van der Waals surface area contributed by atoms with E-state index in [4.69, 9.17) is 5.73 Å². The van der Waals surface area contributed by atoms with Crippen molar-refractivity contribution in [2.45, 2.75) is 25.3 Å². The molecule has 26 heavy (non-hydrogen) atoms. The first-order valence-electron chi connectivity index (χ1n) is 9.43. The molecule has 0 bridgehead atoms. The molecule has 1 aromatic carbocycles. The Morgan fingerprint density at radius 2 is 1.92 bits per heavy atom. The lowest BCUT2D eigenvalue weighted by Gasteiger charge is -2.27. The van der Waals surface area contributed by atoms with Gasteiger partial charge in [-0.1, -0.05) is 30.3 Å². The van der Waals surface area contributed by atoms with Crippen molar-refractivity contribution >= 4 is 11.8 Å². The minimum Gasteiger partial charge on any atom is -0.354 e. The highest BCUT2D eigenvalue weighted by molar-refractivity contribution is 5.88. The zero-order chi connectivity index (χ0) is 18.6. The first-order valence-corrected chi connectivity index (χ1v) is 9.43. The summed E-state index contributed by atoms with van der Waals surface area (Å²) < 4.78 is 0. The molecule has 1 fully saturated rings. The van der Waals surface area contributed by atoms with Crippen LogP contribution in [-0.4, -0.2) is 68.6 Å². The molecule has 0 aliphatic carbocycles. The number of rotatable bonds is 10. The average molecular weight is 361 g/mol. The van der Waals surface area contributed by atoms with E-state index in [1.165, 1.54) is 5.56 Å². The van der Waals surface area contributed by atoms with E-state index in [2.05, 4.69) is 20.9 Å². The standard InChI is InChI=1S/C19H31N5O2/c20-9-4-7-17(23-18(25)15-24-13-11-21-12-14-24)19(26)22-10-8-16-5-2-1-3-6-16/h1-3,5-6,17,21H,4,7-15,20H2,(H,22,26)(H,23,25). The smallest absolute Gasteiger partial charge is 0.242 e. The van der Waals surface area contributed by atoms with E-state index >= 15 is 0 Å². The van der Waals surface area contributed by atoms with Gasteiger partial charge >= 0.3 is 0 Å². The lowest BCUT2D eigenvalue weighted by atomic mass is 10.1. The van der Waals surface area contributed by atoms with Crippen molar-refractivity contribution in [1.82, 2.24) is 20.9 Å². The third-order valence-corrected chi connectivity index (χ3v) is 4.48. The molecule has 7 nitrogen and oxygen atoms in total. The van der Waals surface area contributed by atoms with Crippen LogP contribution in [0.25, 0.3) is 0 Å². The summed E-state index contributed by atoms with van der Waals surface area (Å²) in [7, 11) is 0. The Kier molecular flexibility index (Phi) is 9.09. The number of carbonyl (C=O) groups excluding carboxylic acids is 2. The van der Waals surface area contributed by atoms with Crippen LogP contribution in [-0.2, 0) is 16.0 Å². The molecule has 1 atom stereocenters. The summed E-state index contributed by atoms with van der Waals surface area (Å²) in [4.78, 5) is 26.9. The molecule has 0 radical (unpaired) electrons. The fraction of sp³-hybridized carbons (Fsp3) is 0.579. The molecule has 1 heterocycles. The number of carbonyl (C=O) groups is 2. The van der Waals surface area contributed by atoms with Crippen LogP contribution < -0.4 is 21.7 Å². The molecule has 1 aliphatic heterocycles. The van der Waals surface area contributed by atoms with Gasteiger partial charge in [-0.2, -0.15) is 0 Å². The summed E-state index contributed by atoms with van der Waals surface area (Å²) in [5, 5.41) is 9.07. The lowest BCUT2D eigenvalue weighted by Crippen LogP contribution is -2.52. The van der Waals surface area contributed by atoms with Crippen molar-refractivity contribution in [3.63, 3.8) is 0 Å². The number of hydrogen-bond acceptors (Lipinski definition) is 5. The summed E-state index contributed by atoms with van der Waals surface area (Å²) in [5.74, 6) is -0.241. The largest absolute Gasteiger partial charge is 0.354 e. The number of nitrogens with two attached hydrogens (primary N) is 1. The molecule has 7 heteroatoms. The molecule has 1 unspecified atom stereocenters. The number of amides is 2. The Morgan fingerprint density at radius 3 is 2.62 bits per heavy atom. The number of benzene rings is 1. The third-order valence-electron chi connectivity index (χ3n) is 4.48. The van der Waals surface area contributed by atoms with Gasteiger partial charge in [-0.25, -0.2) is 0 Å². The van der Waals surface area contributed by atoms with Crippen LogP contribution in [0.15, 0.2) is 30.3 Å². The van der Waals surface area contributed by atoms with Gasteiger partial charge in [-0.15, -0.1) is 0 Å². The van der Waals surface area contributed by atoms with Gasteiger partial charge in [0, 0.05) is 32.7 Å². The normalized spacial score (nSPS) is 16.0. The molecule has 0 saturated carbocycles. The molecule has 144 valence electrons. The monoisotopic (exact) mass is 361 g/mol. The van der Waals surface area contributed by atoms with Crippen LogP contribution in [0.5, 0.6) is 0 Å². The van der Waals surface area contributed by atoms with E-state index in [1.807, 2.05) is 30.3 Å². The quantitative estimate of drug-likeness (QED) is 0.449. The van der Waals surface area contributed by atoms with Crippen molar-refractivity contribution in [3.8, 4) is 0 Å². The lowest BCUT2D eigenvalue weighted by molar-refractivity contribution is -0.129. The summed E-state index contributed by atoms with van der Waals surface area (Å²) >= 11 is 0. The van der Waals surface area contributed by atoms with Gasteiger partial charge in [0.05, 0.1) is 6.54 Å². The molecule has 1 saturated heterocycles. The molecule has 2 rings (SSSR count). The average Bonchev–Trinajstić information content (AvgIpc) is 2.66. The molecule has 0 aromatic heterocycles. The van der Waals surface area contributed by atoms with Crippen molar-refractivity contribution in [3.05, 3.63) is 35.9 Å². The Balaban J connectivity index is 1.78. The molecule has 1 aliphatic rings. The summed E-state index contributed by atoms with van der Waals surface area (Å²) in [5.41, 5.74) is 6.75. The Hall–Kier alpha value is -1.96. The fourth-order valence-corrected chi connectivity index (χ4v) is 3.00. The zero-order valence-electron chi connectivity index (χ0n) is 15.4. The highest BCUT2D eigenvalue weighted by Crippen LogP contribution is 2.01. The van der Waals surface area contributed by atoms with E-state index in [0.717, 1.165) is 32.6 Å². The van der Waals surface area contributed by atoms with Crippen molar-refractivity contribution in [1.29, 1.82) is 0 Å². The van der Waals surface area contributed by atoms with E-state index in [-0.39, 0.29) is 11.8 Å². The van der Waals surface area contributed by atoms with Crippen molar-refractivity contribution in [2.24, 2.45) is 5.73 Å². The maximum absolute atomic E-state index is 12.5. The number of piperazine rings is 1. The van der Waals surface area contributed by atoms with Gasteiger partial charge in [0.25, 0.3) is 0 Å². The third kappa shape index (κ3) is 7.51. The van der Waals surface area contributed by atoms with E-state index in [9.17, 15) is 9.59 Å². The second kappa shape index (κ2) is 11.6. The molecular weight excluding hydrogens is 330 g/mol. The predicted octanol–water partition coefficient (Wildman–Crippen LogP) is -0.526. The number of nitrogens with zero attached hydrogens (tertiary/aromatic N) is 1. The number of nitrogens with one attached hydrogen (secondary N) is 3. The van der Waals surface area contributed by atoms with Gasteiger partial charge in [-0.05, 0) is 31.4 Å². The van der Waals surface area contributed by atoms with E-state index in [1.54, 1.807) is 0 Å². The maximum atomic E-state index is 12.5. The molecule has 1 aromatic rings. The van der Waals surface area contributed by atoms with Crippen LogP contribution in [0.4, 0.5) is 0 Å². The van der Waals surface area contributed by atoms with Crippen LogP contribution in [0.3, 0.4) is 0 Å². The Morgan fingerprint density at radius 1 is 1.19 bits per heavy atom. The second-order valence-corrected chi connectivity index (χ2v) is 6.60. The van der Waals surface area contributed by atoms with Gasteiger partial charge < -0.3 is 21.7 Å². The minimum absolute atomic E-state index is 0.105. The predicted molar refractivity (Wildman–Crippen MR) is 103 cm³/mol. The minimum atomic E-state index is -0.523. The Bertz CT molecular complexity index is 546.